The van der Waals surface area contributed by atoms with Crippen LogP contribution in [0.1, 0.15) is 45.0 Å². The summed E-state index contributed by atoms with van der Waals surface area (Å²) in [4.78, 5) is 30.0. The Balaban J connectivity index is 2.07. The van der Waals surface area contributed by atoms with Crippen LogP contribution in [0.5, 0.6) is 0 Å². The van der Waals surface area contributed by atoms with Gasteiger partial charge in [-0.2, -0.15) is 0 Å². The van der Waals surface area contributed by atoms with Crippen LogP contribution in [0, 0.1) is 0 Å². The summed E-state index contributed by atoms with van der Waals surface area (Å²) < 4.78 is 10.5. The molecule has 1 N–H and O–H groups in total. The summed E-state index contributed by atoms with van der Waals surface area (Å²) in [6.45, 7) is 7.32. The predicted molar refractivity (Wildman–Crippen MR) is 94.3 cm³/mol. The van der Waals surface area contributed by atoms with Gasteiger partial charge in [-0.1, -0.05) is 18.2 Å². The molecule has 134 valence electrons. The van der Waals surface area contributed by atoms with Gasteiger partial charge in [-0.3, -0.25) is 4.90 Å². The van der Waals surface area contributed by atoms with Crippen LogP contribution < -0.4 is 0 Å². The molecular formula is C19H24N2O4. The number of hydrogen-bond donors (Lipinski definition) is 1. The number of esters is 1. The van der Waals surface area contributed by atoms with E-state index in [1.54, 1.807) is 20.8 Å². The second-order valence-electron chi connectivity index (χ2n) is 7.37. The molecule has 2 atom stereocenters. The van der Waals surface area contributed by atoms with Crippen molar-refractivity contribution in [2.75, 3.05) is 7.11 Å². The van der Waals surface area contributed by atoms with Gasteiger partial charge < -0.3 is 14.5 Å². The van der Waals surface area contributed by atoms with Crippen LogP contribution in [0.4, 0.5) is 4.79 Å². The van der Waals surface area contributed by atoms with Crippen LogP contribution >= 0.6 is 0 Å². The number of nitrogens with zero attached hydrogens (tertiary/aromatic N) is 1. The summed E-state index contributed by atoms with van der Waals surface area (Å²) >= 11 is 0. The first kappa shape index (κ1) is 17.3. The second-order valence-corrected chi connectivity index (χ2v) is 7.37. The van der Waals surface area contributed by atoms with E-state index in [1.165, 1.54) is 12.0 Å². The minimum Gasteiger partial charge on any atom is -0.467 e. The van der Waals surface area contributed by atoms with Gasteiger partial charge in [0.15, 0.2) is 0 Å². The number of benzene rings is 1. The highest BCUT2D eigenvalue weighted by molar-refractivity contribution is 5.89. The van der Waals surface area contributed by atoms with E-state index in [0.29, 0.717) is 6.42 Å². The van der Waals surface area contributed by atoms with Crippen molar-refractivity contribution in [1.29, 1.82) is 0 Å². The average molecular weight is 344 g/mol. The molecule has 6 nitrogen and oxygen atoms in total. The SMILES string of the molecule is COC(=O)[C@@H]1Cc2c([nH]c3ccccc23)C(C)N1C(=O)OC(C)(C)C. The third kappa shape index (κ3) is 3.08. The van der Waals surface area contributed by atoms with Gasteiger partial charge >= 0.3 is 12.1 Å². The number of rotatable bonds is 1. The molecule has 25 heavy (non-hydrogen) atoms. The van der Waals surface area contributed by atoms with Gasteiger partial charge in [0.05, 0.1) is 13.2 Å². The molecule has 1 aromatic heterocycles. The highest BCUT2D eigenvalue weighted by Crippen LogP contribution is 2.38. The fraction of sp³-hybridized carbons (Fsp3) is 0.474. The lowest BCUT2D eigenvalue weighted by Gasteiger charge is -2.39. The number of hydrogen-bond acceptors (Lipinski definition) is 4. The van der Waals surface area contributed by atoms with Crippen LogP contribution in [0.2, 0.25) is 0 Å². The fourth-order valence-electron chi connectivity index (χ4n) is 3.43. The van der Waals surface area contributed by atoms with Crippen molar-refractivity contribution >= 4 is 23.0 Å². The predicted octanol–water partition coefficient (Wildman–Crippen LogP) is 3.56. The van der Waals surface area contributed by atoms with E-state index in [1.807, 2.05) is 31.2 Å². The van der Waals surface area contributed by atoms with Crippen molar-refractivity contribution in [3.05, 3.63) is 35.5 Å². The van der Waals surface area contributed by atoms with Crippen molar-refractivity contribution in [3.8, 4) is 0 Å². The zero-order chi connectivity index (χ0) is 18.4. The Labute approximate surface area is 147 Å². The van der Waals surface area contributed by atoms with Crippen LogP contribution in [0.3, 0.4) is 0 Å². The molecule has 0 fully saturated rings. The molecule has 2 aromatic rings. The fourth-order valence-corrected chi connectivity index (χ4v) is 3.43. The normalized spacial score (nSPS) is 20.3. The van der Waals surface area contributed by atoms with E-state index in [2.05, 4.69) is 4.98 Å². The molecule has 3 rings (SSSR count). The van der Waals surface area contributed by atoms with Crippen molar-refractivity contribution in [1.82, 2.24) is 9.88 Å². The zero-order valence-electron chi connectivity index (χ0n) is 15.3. The first-order valence-corrected chi connectivity index (χ1v) is 8.41. The number of carbonyl (C=O) groups excluding carboxylic acids is 2. The molecular weight excluding hydrogens is 320 g/mol. The highest BCUT2D eigenvalue weighted by Gasteiger charge is 2.43. The van der Waals surface area contributed by atoms with E-state index in [0.717, 1.165) is 22.2 Å². The molecule has 0 spiro atoms. The van der Waals surface area contributed by atoms with Gasteiger partial charge in [0.25, 0.3) is 0 Å². The van der Waals surface area contributed by atoms with Crippen molar-refractivity contribution in [2.45, 2.75) is 51.8 Å². The molecule has 1 amide bonds. The number of fused-ring (bicyclic) bond motifs is 3. The van der Waals surface area contributed by atoms with Gasteiger partial charge in [0.2, 0.25) is 0 Å². The second kappa shape index (κ2) is 6.10. The summed E-state index contributed by atoms with van der Waals surface area (Å²) in [7, 11) is 1.34. The summed E-state index contributed by atoms with van der Waals surface area (Å²) in [6.07, 6.45) is -0.116. The number of para-hydroxylation sites is 1. The maximum absolute atomic E-state index is 12.8. The molecule has 2 heterocycles. The summed E-state index contributed by atoms with van der Waals surface area (Å²) in [5, 5.41) is 1.07. The maximum atomic E-state index is 12.8. The van der Waals surface area contributed by atoms with E-state index in [9.17, 15) is 9.59 Å². The van der Waals surface area contributed by atoms with E-state index in [-0.39, 0.29) is 6.04 Å². The number of amides is 1. The third-order valence-electron chi connectivity index (χ3n) is 4.49. The van der Waals surface area contributed by atoms with Crippen molar-refractivity contribution in [2.24, 2.45) is 0 Å². The minimum absolute atomic E-state index is 0.324. The van der Waals surface area contributed by atoms with Crippen LogP contribution in [-0.2, 0) is 20.7 Å². The molecule has 0 radical (unpaired) electrons. The van der Waals surface area contributed by atoms with Crippen LogP contribution in [0.15, 0.2) is 24.3 Å². The highest BCUT2D eigenvalue weighted by atomic mass is 16.6. The Morgan fingerprint density at radius 3 is 2.56 bits per heavy atom. The molecule has 1 aliphatic heterocycles. The zero-order valence-corrected chi connectivity index (χ0v) is 15.3. The van der Waals surface area contributed by atoms with Crippen molar-refractivity contribution < 1.29 is 19.1 Å². The van der Waals surface area contributed by atoms with E-state index >= 15 is 0 Å². The third-order valence-corrected chi connectivity index (χ3v) is 4.49. The van der Waals surface area contributed by atoms with Gasteiger partial charge in [0.1, 0.15) is 11.6 Å². The van der Waals surface area contributed by atoms with E-state index < -0.39 is 23.7 Å². The maximum Gasteiger partial charge on any atom is 0.411 e. The minimum atomic E-state index is -0.707. The Kier molecular flexibility index (Phi) is 4.22. The molecule has 0 saturated carbocycles. The summed E-state index contributed by atoms with van der Waals surface area (Å²) in [5.41, 5.74) is 2.34. The molecule has 0 saturated heterocycles. The molecule has 1 aliphatic rings. The summed E-state index contributed by atoms with van der Waals surface area (Å²) in [5.74, 6) is -0.436. The number of ether oxygens (including phenoxy) is 2. The lowest BCUT2D eigenvalue weighted by atomic mass is 9.92. The van der Waals surface area contributed by atoms with Gasteiger partial charge in [-0.25, -0.2) is 9.59 Å². The van der Waals surface area contributed by atoms with Crippen LogP contribution in [-0.4, -0.2) is 40.7 Å². The number of aromatic nitrogens is 1. The largest absolute Gasteiger partial charge is 0.467 e. The van der Waals surface area contributed by atoms with Crippen molar-refractivity contribution in [3.63, 3.8) is 0 Å². The lowest BCUT2D eigenvalue weighted by molar-refractivity contribution is -0.148. The van der Waals surface area contributed by atoms with Crippen LogP contribution in [0.25, 0.3) is 10.9 Å². The molecule has 0 bridgehead atoms. The number of methoxy groups -OCH3 is 1. The number of carbonyl (C=O) groups is 2. The first-order chi connectivity index (χ1) is 11.7. The Bertz CT molecular complexity index is 818. The summed E-state index contributed by atoms with van der Waals surface area (Å²) in [6, 6.07) is 6.91. The smallest absolute Gasteiger partial charge is 0.411 e. The molecule has 6 heteroatoms. The number of aromatic amines is 1. The molecule has 1 aromatic carbocycles. The van der Waals surface area contributed by atoms with Gasteiger partial charge in [-0.05, 0) is 39.3 Å². The molecule has 0 aliphatic carbocycles. The topological polar surface area (TPSA) is 71.6 Å². The first-order valence-electron chi connectivity index (χ1n) is 8.41. The monoisotopic (exact) mass is 344 g/mol. The van der Waals surface area contributed by atoms with E-state index in [4.69, 9.17) is 9.47 Å². The Morgan fingerprint density at radius 1 is 1.24 bits per heavy atom. The lowest BCUT2D eigenvalue weighted by Crippen LogP contribution is -2.52. The molecule has 1 unspecified atom stereocenters. The standard InChI is InChI=1S/C19H24N2O4/c1-11-16-13(12-8-6-7-9-14(12)20-16)10-15(17(22)24-5)21(11)18(23)25-19(2,3)4/h6-9,11,15,20H,10H2,1-5H3/t11?,15-/m0/s1. The Morgan fingerprint density at radius 2 is 1.92 bits per heavy atom. The number of nitrogens with one attached hydrogen (secondary N) is 1. The quantitative estimate of drug-likeness (QED) is 0.803. The average Bonchev–Trinajstić information content (AvgIpc) is 2.91. The Hall–Kier alpha value is -2.50. The number of H-pyrrole nitrogens is 1. The van der Waals surface area contributed by atoms with Gasteiger partial charge in [0, 0.05) is 23.0 Å². The van der Waals surface area contributed by atoms with Gasteiger partial charge in [-0.15, -0.1) is 0 Å².